The van der Waals surface area contributed by atoms with Gasteiger partial charge in [0.05, 0.1) is 12.7 Å². The van der Waals surface area contributed by atoms with E-state index in [1.54, 1.807) is 18.2 Å². The van der Waals surface area contributed by atoms with Gasteiger partial charge >= 0.3 is 5.97 Å². The number of benzene rings is 1. The number of ether oxygens (including phenoxy) is 1. The highest BCUT2D eigenvalue weighted by Gasteiger charge is 2.09. The molecule has 0 aromatic heterocycles. The molecule has 16 heavy (non-hydrogen) atoms. The number of hydrogen-bond acceptors (Lipinski definition) is 3. The number of methoxy groups -OCH3 is 1. The van der Waals surface area contributed by atoms with Gasteiger partial charge in [-0.25, -0.2) is 4.79 Å². The van der Waals surface area contributed by atoms with Crippen molar-refractivity contribution >= 4 is 11.9 Å². The molecule has 0 saturated heterocycles. The fraction of sp³-hybridized carbons (Fsp3) is 0.167. The molecular weight excluding hydrogens is 206 g/mol. The zero-order chi connectivity index (χ0) is 12.1. The Morgan fingerprint density at radius 2 is 2.06 bits per heavy atom. The van der Waals surface area contributed by atoms with Crippen LogP contribution in [0.25, 0.3) is 0 Å². The highest BCUT2D eigenvalue weighted by Crippen LogP contribution is 2.11. The van der Waals surface area contributed by atoms with Crippen molar-refractivity contribution in [3.8, 4) is 11.8 Å². The molecule has 1 rings (SSSR count). The summed E-state index contributed by atoms with van der Waals surface area (Å²) in [6, 6.07) is 5.07. The Kier molecular flexibility index (Phi) is 3.67. The zero-order valence-corrected chi connectivity index (χ0v) is 9.03. The fourth-order valence-corrected chi connectivity index (χ4v) is 1.18. The molecule has 0 saturated carbocycles. The number of nitrogens with two attached hydrogens (primary N) is 1. The van der Waals surface area contributed by atoms with Crippen LogP contribution in [0.3, 0.4) is 0 Å². The van der Waals surface area contributed by atoms with Gasteiger partial charge in [-0.05, 0) is 24.6 Å². The van der Waals surface area contributed by atoms with Gasteiger partial charge in [0.2, 0.25) is 0 Å². The maximum absolute atomic E-state index is 11.4. The van der Waals surface area contributed by atoms with Crippen molar-refractivity contribution in [2.24, 2.45) is 5.73 Å². The molecule has 0 bridgehead atoms. The van der Waals surface area contributed by atoms with E-state index in [-0.39, 0.29) is 0 Å². The lowest BCUT2D eigenvalue weighted by molar-refractivity contribution is -0.112. The number of rotatable bonds is 1. The summed E-state index contributed by atoms with van der Waals surface area (Å²) in [5.74, 6) is 3.50. The molecule has 0 atom stereocenters. The van der Waals surface area contributed by atoms with E-state index in [2.05, 4.69) is 16.6 Å². The second kappa shape index (κ2) is 4.99. The minimum absolute atomic E-state index is 0.321. The van der Waals surface area contributed by atoms with Crippen LogP contribution < -0.4 is 5.73 Å². The molecule has 0 unspecified atom stereocenters. The van der Waals surface area contributed by atoms with Crippen molar-refractivity contribution in [3.63, 3.8) is 0 Å². The lowest BCUT2D eigenvalue weighted by Gasteiger charge is -2.03. The molecule has 82 valence electrons. The molecule has 0 heterocycles. The SMILES string of the molecule is COC(=O)c1ccc(C)cc1C#CC(N)=O. The molecule has 1 aromatic carbocycles. The van der Waals surface area contributed by atoms with Gasteiger partial charge in [0.25, 0.3) is 5.91 Å². The maximum Gasteiger partial charge on any atom is 0.339 e. The van der Waals surface area contributed by atoms with Gasteiger partial charge in [0.15, 0.2) is 0 Å². The van der Waals surface area contributed by atoms with Gasteiger partial charge in [-0.3, -0.25) is 4.79 Å². The zero-order valence-electron chi connectivity index (χ0n) is 9.03. The van der Waals surface area contributed by atoms with Crippen molar-refractivity contribution in [2.75, 3.05) is 7.11 Å². The van der Waals surface area contributed by atoms with Crippen molar-refractivity contribution < 1.29 is 14.3 Å². The predicted molar refractivity (Wildman–Crippen MR) is 58.6 cm³/mol. The van der Waals surface area contributed by atoms with Crippen LogP contribution in [0.4, 0.5) is 0 Å². The Balaban J connectivity index is 3.25. The van der Waals surface area contributed by atoms with Crippen LogP contribution in [0.1, 0.15) is 21.5 Å². The van der Waals surface area contributed by atoms with E-state index in [0.29, 0.717) is 11.1 Å². The number of carbonyl (C=O) groups excluding carboxylic acids is 2. The number of carbonyl (C=O) groups is 2. The second-order valence-corrected chi connectivity index (χ2v) is 3.15. The Hall–Kier alpha value is -2.28. The number of aryl methyl sites for hydroxylation is 1. The molecule has 0 spiro atoms. The van der Waals surface area contributed by atoms with E-state index < -0.39 is 11.9 Å². The van der Waals surface area contributed by atoms with Crippen molar-refractivity contribution in [3.05, 3.63) is 34.9 Å². The number of esters is 1. The van der Waals surface area contributed by atoms with Crippen molar-refractivity contribution in [1.82, 2.24) is 0 Å². The van der Waals surface area contributed by atoms with E-state index in [4.69, 9.17) is 5.73 Å². The van der Waals surface area contributed by atoms with Crippen LogP contribution in [-0.4, -0.2) is 19.0 Å². The molecule has 2 N–H and O–H groups in total. The number of hydrogen-bond donors (Lipinski definition) is 1. The number of primary amides is 1. The first-order chi connectivity index (χ1) is 7.54. The summed E-state index contributed by atoms with van der Waals surface area (Å²) in [5, 5.41) is 0. The lowest BCUT2D eigenvalue weighted by atomic mass is 10.0. The van der Waals surface area contributed by atoms with E-state index >= 15 is 0 Å². The largest absolute Gasteiger partial charge is 0.465 e. The standard InChI is InChI=1S/C12H11NO3/c1-8-3-5-10(12(15)16-2)9(7-8)4-6-11(13)14/h3,5,7H,1-2H3,(H2,13,14). The van der Waals surface area contributed by atoms with Crippen molar-refractivity contribution in [2.45, 2.75) is 6.92 Å². The van der Waals surface area contributed by atoms with Gasteiger partial charge in [-0.15, -0.1) is 0 Å². The fourth-order valence-electron chi connectivity index (χ4n) is 1.18. The molecule has 0 aliphatic rings. The third kappa shape index (κ3) is 2.85. The Labute approximate surface area is 93.4 Å². The predicted octanol–water partition coefficient (Wildman–Crippen LogP) is 0.618. The Morgan fingerprint density at radius 3 is 2.62 bits per heavy atom. The quantitative estimate of drug-likeness (QED) is 0.553. The van der Waals surface area contributed by atoms with Crippen LogP contribution in [0.15, 0.2) is 18.2 Å². The summed E-state index contributed by atoms with van der Waals surface area (Å²) in [6.45, 7) is 1.86. The second-order valence-electron chi connectivity index (χ2n) is 3.15. The minimum atomic E-state index is -0.739. The number of amides is 1. The summed E-state index contributed by atoms with van der Waals surface area (Å²) >= 11 is 0. The van der Waals surface area contributed by atoms with Gasteiger partial charge in [-0.2, -0.15) is 0 Å². The van der Waals surface area contributed by atoms with Crippen LogP contribution in [0.2, 0.25) is 0 Å². The summed E-state index contributed by atoms with van der Waals surface area (Å²) in [5.41, 5.74) is 6.60. The molecular formula is C12H11NO3. The topological polar surface area (TPSA) is 69.4 Å². The normalized spacial score (nSPS) is 8.88. The smallest absolute Gasteiger partial charge is 0.339 e. The lowest BCUT2D eigenvalue weighted by Crippen LogP contribution is -2.07. The first-order valence-corrected chi connectivity index (χ1v) is 4.55. The van der Waals surface area contributed by atoms with Crippen LogP contribution in [0.5, 0.6) is 0 Å². The van der Waals surface area contributed by atoms with Gasteiger partial charge in [0, 0.05) is 11.5 Å². The van der Waals surface area contributed by atoms with Crippen molar-refractivity contribution in [1.29, 1.82) is 0 Å². The summed E-state index contributed by atoms with van der Waals surface area (Å²) in [4.78, 5) is 21.9. The van der Waals surface area contributed by atoms with Gasteiger partial charge in [-0.1, -0.05) is 12.0 Å². The van der Waals surface area contributed by atoms with Crippen LogP contribution in [0, 0.1) is 18.8 Å². The Bertz CT molecular complexity index is 495. The molecule has 4 nitrogen and oxygen atoms in total. The molecule has 0 fully saturated rings. The first kappa shape index (κ1) is 11.8. The molecule has 1 aromatic rings. The Morgan fingerprint density at radius 1 is 1.38 bits per heavy atom. The highest BCUT2D eigenvalue weighted by molar-refractivity contribution is 5.95. The van der Waals surface area contributed by atoms with E-state index in [0.717, 1.165) is 5.56 Å². The van der Waals surface area contributed by atoms with Crippen LogP contribution in [-0.2, 0) is 9.53 Å². The summed E-state index contributed by atoms with van der Waals surface area (Å²) < 4.78 is 4.60. The van der Waals surface area contributed by atoms with Gasteiger partial charge in [0.1, 0.15) is 0 Å². The van der Waals surface area contributed by atoms with Gasteiger partial charge < -0.3 is 10.5 Å². The summed E-state index contributed by atoms with van der Waals surface area (Å²) in [7, 11) is 1.29. The monoisotopic (exact) mass is 217 g/mol. The van der Waals surface area contributed by atoms with E-state index in [9.17, 15) is 9.59 Å². The third-order valence-corrected chi connectivity index (χ3v) is 1.90. The molecule has 1 amide bonds. The first-order valence-electron chi connectivity index (χ1n) is 4.55. The average Bonchev–Trinajstić information content (AvgIpc) is 2.25. The minimum Gasteiger partial charge on any atom is -0.465 e. The highest BCUT2D eigenvalue weighted by atomic mass is 16.5. The molecule has 0 radical (unpaired) electrons. The average molecular weight is 217 g/mol. The van der Waals surface area contributed by atoms with E-state index in [1.165, 1.54) is 7.11 Å². The molecule has 4 heteroatoms. The van der Waals surface area contributed by atoms with Crippen LogP contribution >= 0.6 is 0 Å². The molecule has 0 aliphatic heterocycles. The van der Waals surface area contributed by atoms with E-state index in [1.807, 2.05) is 6.92 Å². The molecule has 0 aliphatic carbocycles. The maximum atomic E-state index is 11.4. The third-order valence-electron chi connectivity index (χ3n) is 1.90. The summed E-state index contributed by atoms with van der Waals surface area (Å²) in [6.07, 6.45) is 0.